The lowest BCUT2D eigenvalue weighted by atomic mass is 9.99. The summed E-state index contributed by atoms with van der Waals surface area (Å²) in [6.07, 6.45) is 0. The third kappa shape index (κ3) is 2.38. The van der Waals surface area contributed by atoms with Crippen LogP contribution in [0.4, 0.5) is 4.39 Å². The lowest BCUT2D eigenvalue weighted by molar-refractivity contribution is -0.138. The monoisotopic (exact) mass is 285 g/mol. The Balaban J connectivity index is 2.03. The minimum absolute atomic E-state index is 0.141. The standard InChI is InChI=1S/C16H12FNO3/c1-9(16(19)20)11-7-6-10(8-12(11)17)15-18-13-4-2-3-5-14(13)21-15/h2-9H,1H3,(H,19,20). The number of carboxylic acid groups (broad SMARTS) is 1. The molecule has 3 aromatic rings. The van der Waals surface area contributed by atoms with Crippen LogP contribution in [0.1, 0.15) is 18.4 Å². The third-order valence-electron chi connectivity index (χ3n) is 3.38. The van der Waals surface area contributed by atoms with Gasteiger partial charge in [-0.05, 0) is 31.2 Å². The van der Waals surface area contributed by atoms with Crippen molar-refractivity contribution in [1.29, 1.82) is 0 Å². The molecule has 0 saturated heterocycles. The van der Waals surface area contributed by atoms with Crippen molar-refractivity contribution in [3.63, 3.8) is 0 Å². The van der Waals surface area contributed by atoms with E-state index in [2.05, 4.69) is 4.98 Å². The summed E-state index contributed by atoms with van der Waals surface area (Å²) in [4.78, 5) is 15.2. The average molecular weight is 285 g/mol. The highest BCUT2D eigenvalue weighted by Gasteiger charge is 2.19. The number of para-hydroxylation sites is 2. The van der Waals surface area contributed by atoms with Crippen molar-refractivity contribution >= 4 is 17.1 Å². The molecule has 4 nitrogen and oxygen atoms in total. The van der Waals surface area contributed by atoms with Gasteiger partial charge in [0, 0.05) is 11.1 Å². The van der Waals surface area contributed by atoms with Gasteiger partial charge < -0.3 is 9.52 Å². The van der Waals surface area contributed by atoms with E-state index in [-0.39, 0.29) is 5.56 Å². The Hall–Kier alpha value is -2.69. The zero-order valence-corrected chi connectivity index (χ0v) is 11.2. The van der Waals surface area contributed by atoms with E-state index in [0.717, 1.165) is 0 Å². The first-order chi connectivity index (χ1) is 10.1. The van der Waals surface area contributed by atoms with Crippen LogP contribution in [0.2, 0.25) is 0 Å². The van der Waals surface area contributed by atoms with E-state index < -0.39 is 17.7 Å². The van der Waals surface area contributed by atoms with Crippen LogP contribution in [0, 0.1) is 5.82 Å². The fraction of sp³-hybridized carbons (Fsp3) is 0.125. The lowest BCUT2D eigenvalue weighted by Crippen LogP contribution is -2.09. The molecule has 1 N–H and O–H groups in total. The van der Waals surface area contributed by atoms with Gasteiger partial charge in [-0.2, -0.15) is 0 Å². The van der Waals surface area contributed by atoms with E-state index in [1.165, 1.54) is 19.1 Å². The molecule has 0 radical (unpaired) electrons. The summed E-state index contributed by atoms with van der Waals surface area (Å²) >= 11 is 0. The maximum atomic E-state index is 14.1. The number of benzene rings is 2. The summed E-state index contributed by atoms with van der Waals surface area (Å²) in [6, 6.07) is 11.6. The van der Waals surface area contributed by atoms with E-state index in [1.807, 2.05) is 12.1 Å². The van der Waals surface area contributed by atoms with Gasteiger partial charge >= 0.3 is 5.97 Å². The van der Waals surface area contributed by atoms with Gasteiger partial charge in [-0.15, -0.1) is 0 Å². The highest BCUT2D eigenvalue weighted by molar-refractivity contribution is 5.77. The second kappa shape index (κ2) is 5.01. The van der Waals surface area contributed by atoms with Crippen LogP contribution < -0.4 is 0 Å². The van der Waals surface area contributed by atoms with E-state index in [1.54, 1.807) is 18.2 Å². The Morgan fingerprint density at radius 1 is 1.29 bits per heavy atom. The molecule has 0 aliphatic rings. The molecule has 1 atom stereocenters. The number of halogens is 1. The number of oxazole rings is 1. The molecule has 1 unspecified atom stereocenters. The number of fused-ring (bicyclic) bond motifs is 1. The fourth-order valence-electron chi connectivity index (χ4n) is 2.14. The molecule has 0 aliphatic carbocycles. The number of nitrogens with zero attached hydrogens (tertiary/aromatic N) is 1. The molecule has 2 aromatic carbocycles. The smallest absolute Gasteiger partial charge is 0.310 e. The third-order valence-corrected chi connectivity index (χ3v) is 3.38. The molecule has 21 heavy (non-hydrogen) atoms. The normalized spacial score (nSPS) is 12.5. The highest BCUT2D eigenvalue weighted by atomic mass is 19.1. The quantitative estimate of drug-likeness (QED) is 0.794. The van der Waals surface area contributed by atoms with E-state index >= 15 is 0 Å². The summed E-state index contributed by atoms with van der Waals surface area (Å²) in [5.74, 6) is -2.24. The van der Waals surface area contributed by atoms with Crippen molar-refractivity contribution in [3.8, 4) is 11.5 Å². The van der Waals surface area contributed by atoms with Gasteiger partial charge in [-0.3, -0.25) is 4.79 Å². The summed E-state index contributed by atoms with van der Waals surface area (Å²) in [6.45, 7) is 1.44. The van der Waals surface area contributed by atoms with Gasteiger partial charge in [-0.1, -0.05) is 18.2 Å². The first kappa shape index (κ1) is 13.3. The number of rotatable bonds is 3. The summed E-state index contributed by atoms with van der Waals surface area (Å²) in [5.41, 5.74) is 1.93. The Morgan fingerprint density at radius 2 is 2.05 bits per heavy atom. The SMILES string of the molecule is CC(C(=O)O)c1ccc(-c2nc3ccccc3o2)cc1F. The number of carboxylic acids is 1. The summed E-state index contributed by atoms with van der Waals surface area (Å²) < 4.78 is 19.6. The van der Waals surface area contributed by atoms with E-state index in [0.29, 0.717) is 22.6 Å². The topological polar surface area (TPSA) is 63.3 Å². The predicted octanol–water partition coefficient (Wildman–Crippen LogP) is 3.82. The molecule has 5 heteroatoms. The number of aliphatic carboxylic acids is 1. The van der Waals surface area contributed by atoms with Gasteiger partial charge in [0.1, 0.15) is 11.3 Å². The molecule has 0 spiro atoms. The molecule has 0 amide bonds. The Kier molecular flexibility index (Phi) is 3.17. The average Bonchev–Trinajstić information content (AvgIpc) is 2.90. The van der Waals surface area contributed by atoms with Crippen molar-refractivity contribution in [3.05, 3.63) is 53.8 Å². The van der Waals surface area contributed by atoms with E-state index in [9.17, 15) is 9.18 Å². The Morgan fingerprint density at radius 3 is 2.71 bits per heavy atom. The van der Waals surface area contributed by atoms with Gasteiger partial charge in [0.05, 0.1) is 5.92 Å². The molecule has 3 rings (SSSR count). The van der Waals surface area contributed by atoms with Crippen LogP contribution in [0.15, 0.2) is 46.9 Å². The van der Waals surface area contributed by atoms with Crippen molar-refractivity contribution in [2.75, 3.05) is 0 Å². The zero-order chi connectivity index (χ0) is 15.0. The largest absolute Gasteiger partial charge is 0.481 e. The molecular weight excluding hydrogens is 273 g/mol. The summed E-state index contributed by atoms with van der Waals surface area (Å²) in [7, 11) is 0. The lowest BCUT2D eigenvalue weighted by Gasteiger charge is -2.08. The molecule has 0 fully saturated rings. The number of hydrogen-bond acceptors (Lipinski definition) is 3. The van der Waals surface area contributed by atoms with Crippen molar-refractivity contribution in [2.24, 2.45) is 0 Å². The van der Waals surface area contributed by atoms with Crippen LogP contribution in [0.3, 0.4) is 0 Å². The predicted molar refractivity (Wildman–Crippen MR) is 75.5 cm³/mol. The molecule has 0 saturated carbocycles. The molecule has 106 valence electrons. The van der Waals surface area contributed by atoms with Crippen molar-refractivity contribution in [1.82, 2.24) is 4.98 Å². The minimum atomic E-state index is -1.07. The van der Waals surface area contributed by atoms with Crippen LogP contribution in [-0.2, 0) is 4.79 Å². The highest BCUT2D eigenvalue weighted by Crippen LogP contribution is 2.27. The second-order valence-corrected chi connectivity index (χ2v) is 4.78. The van der Waals surface area contributed by atoms with Gasteiger partial charge in [-0.25, -0.2) is 9.37 Å². The molecule has 0 aliphatic heterocycles. The molecule has 1 aromatic heterocycles. The molecule has 0 bridgehead atoms. The Labute approximate surface area is 119 Å². The van der Waals surface area contributed by atoms with Crippen molar-refractivity contribution < 1.29 is 18.7 Å². The molecule has 1 heterocycles. The first-order valence-electron chi connectivity index (χ1n) is 6.44. The second-order valence-electron chi connectivity index (χ2n) is 4.78. The number of carbonyl (C=O) groups is 1. The van der Waals surface area contributed by atoms with Crippen LogP contribution >= 0.6 is 0 Å². The number of hydrogen-bond donors (Lipinski definition) is 1. The maximum absolute atomic E-state index is 14.1. The van der Waals surface area contributed by atoms with Gasteiger partial charge in [0.25, 0.3) is 0 Å². The summed E-state index contributed by atoms with van der Waals surface area (Å²) in [5, 5.41) is 8.94. The number of aromatic nitrogens is 1. The maximum Gasteiger partial charge on any atom is 0.310 e. The van der Waals surface area contributed by atoms with Crippen LogP contribution in [0.5, 0.6) is 0 Å². The van der Waals surface area contributed by atoms with Crippen LogP contribution in [-0.4, -0.2) is 16.1 Å². The molecular formula is C16H12FNO3. The van der Waals surface area contributed by atoms with Gasteiger partial charge in [0.15, 0.2) is 5.58 Å². The van der Waals surface area contributed by atoms with Gasteiger partial charge in [0.2, 0.25) is 5.89 Å². The minimum Gasteiger partial charge on any atom is -0.481 e. The first-order valence-corrected chi connectivity index (χ1v) is 6.44. The van der Waals surface area contributed by atoms with Crippen LogP contribution in [0.25, 0.3) is 22.6 Å². The van der Waals surface area contributed by atoms with E-state index in [4.69, 9.17) is 9.52 Å². The van der Waals surface area contributed by atoms with Crippen molar-refractivity contribution in [2.45, 2.75) is 12.8 Å². The Bertz CT molecular complexity index is 792. The fourth-order valence-corrected chi connectivity index (χ4v) is 2.14. The zero-order valence-electron chi connectivity index (χ0n) is 11.2.